The molecule has 0 fully saturated rings. The third-order valence-electron chi connectivity index (χ3n) is 4.07. The van der Waals surface area contributed by atoms with Crippen LogP contribution in [-0.4, -0.2) is 18.5 Å². The van der Waals surface area contributed by atoms with Gasteiger partial charge in [-0.05, 0) is 43.7 Å². The SMILES string of the molecule is CCOc1ccc([C@H]2NC(=O)NC(C)=C2C(=O)Nc2ccccc2)cc1. The Morgan fingerprint density at radius 3 is 2.46 bits per heavy atom. The summed E-state index contributed by atoms with van der Waals surface area (Å²) in [6, 6.07) is 15.7. The minimum Gasteiger partial charge on any atom is -0.494 e. The number of carbonyl (C=O) groups is 2. The molecule has 1 aliphatic rings. The van der Waals surface area contributed by atoms with Crippen LogP contribution >= 0.6 is 0 Å². The van der Waals surface area contributed by atoms with Gasteiger partial charge in [-0.3, -0.25) is 4.79 Å². The lowest BCUT2D eigenvalue weighted by atomic mass is 9.94. The molecule has 26 heavy (non-hydrogen) atoms. The Bertz CT molecular complexity index is 829. The Balaban J connectivity index is 1.90. The van der Waals surface area contributed by atoms with Crippen molar-refractivity contribution in [1.29, 1.82) is 0 Å². The van der Waals surface area contributed by atoms with Crippen molar-refractivity contribution in [3.05, 3.63) is 71.4 Å². The fourth-order valence-corrected chi connectivity index (χ4v) is 2.89. The Labute approximate surface area is 152 Å². The number of rotatable bonds is 5. The minimum absolute atomic E-state index is 0.264. The zero-order valence-corrected chi connectivity index (χ0v) is 14.7. The molecule has 1 atom stereocenters. The first-order valence-corrected chi connectivity index (χ1v) is 8.46. The van der Waals surface area contributed by atoms with Crippen LogP contribution in [0.5, 0.6) is 5.75 Å². The van der Waals surface area contributed by atoms with E-state index >= 15 is 0 Å². The fourth-order valence-electron chi connectivity index (χ4n) is 2.89. The molecule has 1 aliphatic heterocycles. The molecule has 0 saturated heterocycles. The topological polar surface area (TPSA) is 79.5 Å². The van der Waals surface area contributed by atoms with Crippen LogP contribution in [0.3, 0.4) is 0 Å². The molecule has 6 nitrogen and oxygen atoms in total. The van der Waals surface area contributed by atoms with Gasteiger partial charge in [0.1, 0.15) is 5.75 Å². The second-order valence-corrected chi connectivity index (χ2v) is 5.89. The lowest BCUT2D eigenvalue weighted by Crippen LogP contribution is -2.45. The average molecular weight is 351 g/mol. The summed E-state index contributed by atoms with van der Waals surface area (Å²) in [6.45, 7) is 4.21. The largest absolute Gasteiger partial charge is 0.494 e. The van der Waals surface area contributed by atoms with Gasteiger partial charge in [0.25, 0.3) is 5.91 Å². The molecule has 134 valence electrons. The molecule has 2 aromatic carbocycles. The monoisotopic (exact) mass is 351 g/mol. The van der Waals surface area contributed by atoms with E-state index in [1.807, 2.05) is 61.5 Å². The highest BCUT2D eigenvalue weighted by molar-refractivity contribution is 6.06. The molecule has 6 heteroatoms. The molecule has 1 heterocycles. The van der Waals surface area contributed by atoms with Gasteiger partial charge in [-0.15, -0.1) is 0 Å². The van der Waals surface area contributed by atoms with Crippen LogP contribution in [0.1, 0.15) is 25.5 Å². The van der Waals surface area contributed by atoms with Crippen molar-refractivity contribution in [1.82, 2.24) is 10.6 Å². The van der Waals surface area contributed by atoms with E-state index in [4.69, 9.17) is 4.74 Å². The van der Waals surface area contributed by atoms with Crippen molar-refractivity contribution in [2.24, 2.45) is 0 Å². The number of para-hydroxylation sites is 1. The second-order valence-electron chi connectivity index (χ2n) is 5.89. The summed E-state index contributed by atoms with van der Waals surface area (Å²) in [5.41, 5.74) is 2.50. The molecule has 0 saturated carbocycles. The first-order chi connectivity index (χ1) is 12.6. The Kier molecular flexibility index (Phi) is 5.22. The summed E-state index contributed by atoms with van der Waals surface area (Å²) >= 11 is 0. The maximum atomic E-state index is 12.9. The van der Waals surface area contributed by atoms with E-state index in [9.17, 15) is 9.59 Å². The molecular weight excluding hydrogens is 330 g/mol. The Morgan fingerprint density at radius 1 is 1.12 bits per heavy atom. The Hall–Kier alpha value is -3.28. The normalized spacial score (nSPS) is 16.5. The molecule has 0 bridgehead atoms. The van der Waals surface area contributed by atoms with E-state index in [0.29, 0.717) is 23.6 Å². The maximum absolute atomic E-state index is 12.9. The lowest BCUT2D eigenvalue weighted by Gasteiger charge is -2.28. The van der Waals surface area contributed by atoms with Gasteiger partial charge in [-0.25, -0.2) is 4.79 Å². The zero-order valence-electron chi connectivity index (χ0n) is 14.7. The van der Waals surface area contributed by atoms with E-state index in [0.717, 1.165) is 11.3 Å². The summed E-state index contributed by atoms with van der Waals surface area (Å²) in [7, 11) is 0. The zero-order chi connectivity index (χ0) is 18.5. The van der Waals surface area contributed by atoms with Gasteiger partial charge in [0, 0.05) is 11.4 Å². The predicted molar refractivity (Wildman–Crippen MR) is 99.8 cm³/mol. The average Bonchev–Trinajstić information content (AvgIpc) is 2.62. The minimum atomic E-state index is -0.539. The number of anilines is 1. The summed E-state index contributed by atoms with van der Waals surface area (Å²) in [5, 5.41) is 8.37. The van der Waals surface area contributed by atoms with Crippen LogP contribution in [0.15, 0.2) is 65.9 Å². The Morgan fingerprint density at radius 2 is 1.81 bits per heavy atom. The number of nitrogens with one attached hydrogen (secondary N) is 3. The van der Waals surface area contributed by atoms with Crippen molar-refractivity contribution < 1.29 is 14.3 Å². The summed E-state index contributed by atoms with van der Waals surface area (Å²) in [5.74, 6) is 0.479. The van der Waals surface area contributed by atoms with Crippen molar-refractivity contribution >= 4 is 17.6 Å². The van der Waals surface area contributed by atoms with E-state index in [-0.39, 0.29) is 11.9 Å². The third kappa shape index (κ3) is 3.85. The van der Waals surface area contributed by atoms with Gasteiger partial charge in [-0.1, -0.05) is 30.3 Å². The van der Waals surface area contributed by atoms with Gasteiger partial charge in [0.05, 0.1) is 18.2 Å². The quantitative estimate of drug-likeness (QED) is 0.773. The van der Waals surface area contributed by atoms with Crippen molar-refractivity contribution in [2.45, 2.75) is 19.9 Å². The highest BCUT2D eigenvalue weighted by Gasteiger charge is 2.31. The van der Waals surface area contributed by atoms with Gasteiger partial charge >= 0.3 is 6.03 Å². The molecule has 0 aromatic heterocycles. The van der Waals surface area contributed by atoms with Crippen LogP contribution in [0.4, 0.5) is 10.5 Å². The molecule has 0 aliphatic carbocycles. The smallest absolute Gasteiger partial charge is 0.319 e. The highest BCUT2D eigenvalue weighted by Crippen LogP contribution is 2.29. The summed E-state index contributed by atoms with van der Waals surface area (Å²) in [4.78, 5) is 24.8. The van der Waals surface area contributed by atoms with E-state index < -0.39 is 6.04 Å². The molecule has 0 radical (unpaired) electrons. The van der Waals surface area contributed by atoms with Crippen LogP contribution in [0.2, 0.25) is 0 Å². The van der Waals surface area contributed by atoms with Gasteiger partial charge in [0.15, 0.2) is 0 Å². The van der Waals surface area contributed by atoms with E-state index in [1.54, 1.807) is 6.92 Å². The van der Waals surface area contributed by atoms with Crippen LogP contribution < -0.4 is 20.7 Å². The predicted octanol–water partition coefficient (Wildman–Crippen LogP) is 3.35. The lowest BCUT2D eigenvalue weighted by molar-refractivity contribution is -0.113. The molecule has 3 amide bonds. The summed E-state index contributed by atoms with van der Waals surface area (Å²) in [6.07, 6.45) is 0. The standard InChI is InChI=1S/C20H21N3O3/c1-3-26-16-11-9-14(10-12-16)18-17(13(2)21-20(25)23-18)19(24)22-15-7-5-4-6-8-15/h4-12,18H,3H2,1-2H3,(H,22,24)(H2,21,23,25)/t18-/m1/s1. The molecular formula is C20H21N3O3. The van der Waals surface area contributed by atoms with Crippen molar-refractivity contribution in [3.63, 3.8) is 0 Å². The van der Waals surface area contributed by atoms with E-state index in [2.05, 4.69) is 16.0 Å². The first-order valence-electron chi connectivity index (χ1n) is 8.46. The van der Waals surface area contributed by atoms with Crippen molar-refractivity contribution in [2.75, 3.05) is 11.9 Å². The highest BCUT2D eigenvalue weighted by atomic mass is 16.5. The molecule has 3 rings (SSSR count). The maximum Gasteiger partial charge on any atom is 0.319 e. The fraction of sp³-hybridized carbons (Fsp3) is 0.200. The number of urea groups is 1. The number of carbonyl (C=O) groups excluding carboxylic acids is 2. The number of ether oxygens (including phenoxy) is 1. The van der Waals surface area contributed by atoms with Crippen LogP contribution in [0, 0.1) is 0 Å². The van der Waals surface area contributed by atoms with Crippen molar-refractivity contribution in [3.8, 4) is 5.75 Å². The van der Waals surface area contributed by atoms with Gasteiger partial charge in [0.2, 0.25) is 0 Å². The number of benzene rings is 2. The molecule has 0 spiro atoms. The number of amides is 3. The third-order valence-corrected chi connectivity index (χ3v) is 4.07. The van der Waals surface area contributed by atoms with Crippen LogP contribution in [0.25, 0.3) is 0 Å². The summed E-state index contributed by atoms with van der Waals surface area (Å²) < 4.78 is 5.45. The number of hydrogen-bond donors (Lipinski definition) is 3. The molecule has 0 unspecified atom stereocenters. The van der Waals surface area contributed by atoms with Crippen LogP contribution in [-0.2, 0) is 4.79 Å². The molecule has 3 N–H and O–H groups in total. The molecule has 2 aromatic rings. The van der Waals surface area contributed by atoms with E-state index in [1.165, 1.54) is 0 Å². The first kappa shape index (κ1) is 17.5. The second kappa shape index (κ2) is 7.74. The number of hydrogen-bond acceptors (Lipinski definition) is 3. The van der Waals surface area contributed by atoms with Gasteiger partial charge in [-0.2, -0.15) is 0 Å². The van der Waals surface area contributed by atoms with Gasteiger partial charge < -0.3 is 20.7 Å². The number of allylic oxidation sites excluding steroid dienone is 1.